The van der Waals surface area contributed by atoms with Gasteiger partial charge in [-0.1, -0.05) is 21.1 Å². The summed E-state index contributed by atoms with van der Waals surface area (Å²) in [4.78, 5) is 0. The van der Waals surface area contributed by atoms with Crippen molar-refractivity contribution in [2.75, 3.05) is 0 Å². The lowest BCUT2D eigenvalue weighted by Crippen LogP contribution is -1.75. The molecule has 0 bridgehead atoms. The molecular formula is C10H7BrFNO. The van der Waals surface area contributed by atoms with Crippen LogP contribution in [-0.2, 0) is 5.33 Å². The van der Waals surface area contributed by atoms with Gasteiger partial charge in [-0.05, 0) is 24.3 Å². The first-order chi connectivity index (χ1) is 6.79. The predicted molar refractivity (Wildman–Crippen MR) is 54.5 cm³/mol. The fourth-order valence-electron chi connectivity index (χ4n) is 1.12. The van der Waals surface area contributed by atoms with E-state index < -0.39 is 0 Å². The van der Waals surface area contributed by atoms with Gasteiger partial charge in [-0.25, -0.2) is 4.39 Å². The Kier molecular flexibility index (Phi) is 2.63. The number of aromatic nitrogens is 1. The summed E-state index contributed by atoms with van der Waals surface area (Å²) in [5, 5.41) is 4.47. The highest BCUT2D eigenvalue weighted by Gasteiger charge is 2.05. The van der Waals surface area contributed by atoms with Gasteiger partial charge in [0.1, 0.15) is 5.82 Å². The quantitative estimate of drug-likeness (QED) is 0.770. The topological polar surface area (TPSA) is 26.0 Å². The monoisotopic (exact) mass is 255 g/mol. The summed E-state index contributed by atoms with van der Waals surface area (Å²) < 4.78 is 17.7. The summed E-state index contributed by atoms with van der Waals surface area (Å²) in [6, 6.07) is 7.93. The van der Waals surface area contributed by atoms with Crippen LogP contribution in [0.4, 0.5) is 4.39 Å². The summed E-state index contributed by atoms with van der Waals surface area (Å²) in [6.45, 7) is 0. The zero-order chi connectivity index (χ0) is 9.97. The molecule has 0 N–H and O–H groups in total. The van der Waals surface area contributed by atoms with Crippen molar-refractivity contribution in [3.05, 3.63) is 41.8 Å². The third-order valence-electron chi connectivity index (χ3n) is 1.82. The largest absolute Gasteiger partial charge is 0.356 e. The lowest BCUT2D eigenvalue weighted by Gasteiger charge is -1.93. The number of alkyl halides is 1. The first-order valence-electron chi connectivity index (χ1n) is 4.07. The van der Waals surface area contributed by atoms with E-state index in [-0.39, 0.29) is 5.82 Å². The van der Waals surface area contributed by atoms with Gasteiger partial charge in [0, 0.05) is 17.0 Å². The molecular weight excluding hydrogens is 249 g/mol. The third-order valence-corrected chi connectivity index (χ3v) is 2.40. The van der Waals surface area contributed by atoms with Crippen LogP contribution in [0.1, 0.15) is 5.69 Å². The maximum atomic E-state index is 12.6. The molecule has 0 aliphatic carbocycles. The molecule has 2 nitrogen and oxygen atoms in total. The van der Waals surface area contributed by atoms with E-state index in [4.69, 9.17) is 4.52 Å². The molecule has 4 heteroatoms. The standard InChI is InChI=1S/C10H7BrFNO/c11-6-9-5-10(14-13-9)7-1-3-8(12)4-2-7/h1-5H,6H2. The molecule has 0 aliphatic rings. The molecule has 0 saturated heterocycles. The number of hydrogen-bond acceptors (Lipinski definition) is 2. The molecule has 0 amide bonds. The van der Waals surface area contributed by atoms with E-state index in [2.05, 4.69) is 21.1 Å². The first-order valence-corrected chi connectivity index (χ1v) is 5.19. The second-order valence-corrected chi connectivity index (χ2v) is 3.38. The van der Waals surface area contributed by atoms with Crippen molar-refractivity contribution >= 4 is 15.9 Å². The van der Waals surface area contributed by atoms with Crippen molar-refractivity contribution in [2.45, 2.75) is 5.33 Å². The van der Waals surface area contributed by atoms with Crippen molar-refractivity contribution in [3.8, 4) is 11.3 Å². The van der Waals surface area contributed by atoms with Gasteiger partial charge in [-0.15, -0.1) is 0 Å². The summed E-state index contributed by atoms with van der Waals surface area (Å²) in [5.74, 6) is 0.397. The van der Waals surface area contributed by atoms with Crippen LogP contribution in [0.15, 0.2) is 34.9 Å². The highest BCUT2D eigenvalue weighted by atomic mass is 79.9. The Morgan fingerprint density at radius 2 is 2.00 bits per heavy atom. The van der Waals surface area contributed by atoms with Gasteiger partial charge in [0.15, 0.2) is 5.76 Å². The Balaban J connectivity index is 2.34. The Morgan fingerprint density at radius 3 is 2.57 bits per heavy atom. The van der Waals surface area contributed by atoms with Gasteiger partial charge in [-0.3, -0.25) is 0 Å². The summed E-state index contributed by atoms with van der Waals surface area (Å²) >= 11 is 3.27. The lowest BCUT2D eigenvalue weighted by atomic mass is 10.1. The molecule has 72 valence electrons. The molecule has 0 saturated carbocycles. The van der Waals surface area contributed by atoms with E-state index in [1.54, 1.807) is 12.1 Å². The van der Waals surface area contributed by atoms with Gasteiger partial charge in [0.2, 0.25) is 0 Å². The molecule has 0 radical (unpaired) electrons. The van der Waals surface area contributed by atoms with Crippen molar-refractivity contribution in [1.29, 1.82) is 0 Å². The van der Waals surface area contributed by atoms with E-state index in [1.807, 2.05) is 6.07 Å². The van der Waals surface area contributed by atoms with Crippen LogP contribution in [0.3, 0.4) is 0 Å². The number of halogens is 2. The minimum absolute atomic E-state index is 0.256. The van der Waals surface area contributed by atoms with Crippen molar-refractivity contribution in [1.82, 2.24) is 5.16 Å². The van der Waals surface area contributed by atoms with Crippen molar-refractivity contribution in [2.24, 2.45) is 0 Å². The molecule has 0 aliphatic heterocycles. The van der Waals surface area contributed by atoms with Gasteiger partial charge in [0.05, 0.1) is 5.69 Å². The van der Waals surface area contributed by atoms with E-state index in [1.165, 1.54) is 12.1 Å². The smallest absolute Gasteiger partial charge is 0.167 e. The average molecular weight is 256 g/mol. The maximum Gasteiger partial charge on any atom is 0.167 e. The number of nitrogens with zero attached hydrogens (tertiary/aromatic N) is 1. The third kappa shape index (κ3) is 1.85. The zero-order valence-electron chi connectivity index (χ0n) is 7.21. The molecule has 2 rings (SSSR count). The van der Waals surface area contributed by atoms with Crippen LogP contribution < -0.4 is 0 Å². The minimum Gasteiger partial charge on any atom is -0.356 e. The Labute approximate surface area is 88.9 Å². The Bertz CT molecular complexity index is 424. The van der Waals surface area contributed by atoms with Gasteiger partial charge < -0.3 is 4.52 Å². The molecule has 2 aromatic rings. The fourth-order valence-corrected chi connectivity index (χ4v) is 1.39. The number of rotatable bonds is 2. The zero-order valence-corrected chi connectivity index (χ0v) is 8.79. The lowest BCUT2D eigenvalue weighted by molar-refractivity contribution is 0.426. The SMILES string of the molecule is Fc1ccc(-c2cc(CBr)no2)cc1. The van der Waals surface area contributed by atoms with E-state index in [9.17, 15) is 4.39 Å². The molecule has 0 atom stereocenters. The van der Waals surface area contributed by atoms with Crippen LogP contribution >= 0.6 is 15.9 Å². The normalized spacial score (nSPS) is 10.4. The highest BCUT2D eigenvalue weighted by Crippen LogP contribution is 2.21. The van der Waals surface area contributed by atoms with Crippen molar-refractivity contribution < 1.29 is 8.91 Å². The molecule has 0 unspecified atom stereocenters. The van der Waals surface area contributed by atoms with Crippen LogP contribution in [0.5, 0.6) is 0 Å². The minimum atomic E-state index is -0.256. The van der Waals surface area contributed by atoms with Crippen molar-refractivity contribution in [3.63, 3.8) is 0 Å². The Hall–Kier alpha value is -1.16. The molecule has 1 heterocycles. The maximum absolute atomic E-state index is 12.6. The fraction of sp³-hybridized carbons (Fsp3) is 0.100. The molecule has 0 spiro atoms. The van der Waals surface area contributed by atoms with Gasteiger partial charge in [0.25, 0.3) is 0 Å². The van der Waals surface area contributed by atoms with Gasteiger partial charge in [-0.2, -0.15) is 0 Å². The van der Waals surface area contributed by atoms with Crippen LogP contribution in [0.25, 0.3) is 11.3 Å². The van der Waals surface area contributed by atoms with E-state index in [0.717, 1.165) is 11.3 Å². The number of hydrogen-bond donors (Lipinski definition) is 0. The van der Waals surface area contributed by atoms with Gasteiger partial charge >= 0.3 is 0 Å². The van der Waals surface area contributed by atoms with Crippen LogP contribution in [0, 0.1) is 5.82 Å². The van der Waals surface area contributed by atoms with E-state index in [0.29, 0.717) is 11.1 Å². The molecule has 1 aromatic carbocycles. The summed E-state index contributed by atoms with van der Waals surface area (Å²) in [7, 11) is 0. The average Bonchev–Trinajstić information content (AvgIpc) is 2.67. The predicted octanol–water partition coefficient (Wildman–Crippen LogP) is 3.38. The Morgan fingerprint density at radius 1 is 1.29 bits per heavy atom. The molecule has 1 aromatic heterocycles. The van der Waals surface area contributed by atoms with E-state index >= 15 is 0 Å². The second-order valence-electron chi connectivity index (χ2n) is 2.82. The second kappa shape index (κ2) is 3.92. The molecule has 0 fully saturated rings. The summed E-state index contributed by atoms with van der Waals surface area (Å²) in [5.41, 5.74) is 1.65. The first kappa shape index (κ1) is 9.40. The highest BCUT2D eigenvalue weighted by molar-refractivity contribution is 9.08. The molecule has 14 heavy (non-hydrogen) atoms. The van der Waals surface area contributed by atoms with Crippen LogP contribution in [-0.4, -0.2) is 5.16 Å². The number of benzene rings is 1. The summed E-state index contributed by atoms with van der Waals surface area (Å²) in [6.07, 6.45) is 0. The van der Waals surface area contributed by atoms with Crippen LogP contribution in [0.2, 0.25) is 0 Å².